The average Bonchev–Trinajstić information content (AvgIpc) is 2.91. The summed E-state index contributed by atoms with van der Waals surface area (Å²) in [7, 11) is -0.993. The van der Waals surface area contributed by atoms with Gasteiger partial charge in [-0.15, -0.1) is 0 Å². The number of rotatable bonds is 6. The van der Waals surface area contributed by atoms with Crippen LogP contribution < -0.4 is 5.32 Å². The first-order chi connectivity index (χ1) is 8.96. The van der Waals surface area contributed by atoms with Crippen molar-refractivity contribution in [1.82, 2.24) is 14.9 Å². The highest BCUT2D eigenvalue weighted by molar-refractivity contribution is 14.1. The lowest BCUT2D eigenvalue weighted by molar-refractivity contribution is 0.0840. The summed E-state index contributed by atoms with van der Waals surface area (Å²) in [4.78, 5) is 4.64. The Kier molecular flexibility index (Phi) is 5.44. The van der Waals surface area contributed by atoms with Gasteiger partial charge < -0.3 is 14.6 Å². The predicted molar refractivity (Wildman–Crippen MR) is 89.0 cm³/mol. The van der Waals surface area contributed by atoms with Crippen molar-refractivity contribution in [2.24, 2.45) is 0 Å². The van der Waals surface area contributed by atoms with Gasteiger partial charge in [0.05, 0.1) is 6.04 Å². The van der Waals surface area contributed by atoms with E-state index in [1.807, 2.05) is 0 Å². The summed E-state index contributed by atoms with van der Waals surface area (Å²) < 4.78 is 9.05. The van der Waals surface area contributed by atoms with Crippen LogP contribution in [0.2, 0.25) is 25.7 Å². The molecule has 1 aliphatic rings. The maximum atomic E-state index is 5.84. The van der Waals surface area contributed by atoms with Gasteiger partial charge in [-0.2, -0.15) is 0 Å². The van der Waals surface area contributed by atoms with Crippen LogP contribution in [0, 0.1) is 3.70 Å². The highest BCUT2D eigenvalue weighted by Gasteiger charge is 2.22. The van der Waals surface area contributed by atoms with Crippen molar-refractivity contribution >= 4 is 30.7 Å². The Labute approximate surface area is 130 Å². The minimum absolute atomic E-state index is 0.407. The summed E-state index contributed by atoms with van der Waals surface area (Å²) in [5.74, 6) is 1.13. The molecule has 2 heterocycles. The maximum absolute atomic E-state index is 5.84. The Hall–Kier alpha value is 0.0769. The van der Waals surface area contributed by atoms with Gasteiger partial charge in [0.2, 0.25) is 0 Å². The number of imidazole rings is 1. The summed E-state index contributed by atoms with van der Waals surface area (Å²) in [5, 5.41) is 3.51. The zero-order valence-corrected chi connectivity index (χ0v) is 15.2. The topological polar surface area (TPSA) is 39.1 Å². The van der Waals surface area contributed by atoms with Crippen molar-refractivity contribution in [1.29, 1.82) is 0 Å². The third-order valence-corrected chi connectivity index (χ3v) is 5.60. The van der Waals surface area contributed by atoms with Gasteiger partial charge in [-0.05, 0) is 48.0 Å². The largest absolute Gasteiger partial charge is 0.361 e. The molecule has 19 heavy (non-hydrogen) atoms. The van der Waals surface area contributed by atoms with Crippen LogP contribution >= 0.6 is 22.6 Å². The zero-order chi connectivity index (χ0) is 13.9. The molecule has 108 valence electrons. The molecule has 0 spiro atoms. The molecule has 1 N–H and O–H groups in total. The van der Waals surface area contributed by atoms with Crippen LogP contribution in [0.1, 0.15) is 24.7 Å². The molecule has 6 heteroatoms. The van der Waals surface area contributed by atoms with E-state index in [0.29, 0.717) is 12.8 Å². The van der Waals surface area contributed by atoms with E-state index in [9.17, 15) is 0 Å². The molecule has 1 fully saturated rings. The van der Waals surface area contributed by atoms with Crippen molar-refractivity contribution in [2.45, 2.75) is 51.3 Å². The van der Waals surface area contributed by atoms with Gasteiger partial charge in [0.25, 0.3) is 0 Å². The normalized spacial score (nSPS) is 20.1. The van der Waals surface area contributed by atoms with Crippen LogP contribution in [-0.4, -0.2) is 30.8 Å². The SMILES string of the molecule is C[Si](C)(C)CCOCn1cc(I)nc1C1CCCN1. The monoisotopic (exact) mass is 393 g/mol. The molecule has 0 bridgehead atoms. The van der Waals surface area contributed by atoms with Crippen LogP contribution in [0.15, 0.2) is 6.20 Å². The minimum Gasteiger partial charge on any atom is -0.361 e. The van der Waals surface area contributed by atoms with E-state index in [1.165, 1.54) is 18.9 Å². The highest BCUT2D eigenvalue weighted by atomic mass is 127. The Morgan fingerprint density at radius 1 is 1.53 bits per heavy atom. The van der Waals surface area contributed by atoms with Crippen LogP contribution in [0.3, 0.4) is 0 Å². The van der Waals surface area contributed by atoms with Gasteiger partial charge in [-0.3, -0.25) is 0 Å². The number of halogens is 1. The molecule has 0 aromatic carbocycles. The molecule has 1 aromatic heterocycles. The van der Waals surface area contributed by atoms with Gasteiger partial charge in [-0.1, -0.05) is 19.6 Å². The number of hydrogen-bond donors (Lipinski definition) is 1. The first-order valence-corrected chi connectivity index (χ1v) is 11.8. The van der Waals surface area contributed by atoms with Gasteiger partial charge >= 0.3 is 0 Å². The van der Waals surface area contributed by atoms with Crippen molar-refractivity contribution < 1.29 is 4.74 Å². The smallest absolute Gasteiger partial charge is 0.129 e. The predicted octanol–water partition coefficient (Wildman–Crippen LogP) is 3.22. The Morgan fingerprint density at radius 2 is 2.32 bits per heavy atom. The van der Waals surface area contributed by atoms with E-state index in [1.54, 1.807) is 0 Å². The van der Waals surface area contributed by atoms with E-state index in [4.69, 9.17) is 4.74 Å². The molecule has 0 amide bonds. The Bertz CT molecular complexity index is 411. The number of nitrogens with zero attached hydrogens (tertiary/aromatic N) is 2. The molecule has 1 aromatic rings. The third-order valence-electron chi connectivity index (χ3n) is 3.38. The molecule has 1 unspecified atom stereocenters. The summed E-state index contributed by atoms with van der Waals surface area (Å²) in [6, 6.07) is 1.62. The molecular formula is C13H24IN3OSi. The maximum Gasteiger partial charge on any atom is 0.129 e. The second-order valence-electron chi connectivity index (χ2n) is 6.39. The van der Waals surface area contributed by atoms with Crippen LogP contribution in [0.5, 0.6) is 0 Å². The lowest BCUT2D eigenvalue weighted by Gasteiger charge is -2.17. The summed E-state index contributed by atoms with van der Waals surface area (Å²) in [5.41, 5.74) is 0. The number of hydrogen-bond acceptors (Lipinski definition) is 3. The lowest BCUT2D eigenvalue weighted by Crippen LogP contribution is -2.23. The van der Waals surface area contributed by atoms with E-state index in [-0.39, 0.29) is 0 Å². The lowest BCUT2D eigenvalue weighted by atomic mass is 10.2. The second kappa shape index (κ2) is 6.69. The summed E-state index contributed by atoms with van der Waals surface area (Å²) in [6.07, 6.45) is 4.51. The van der Waals surface area contributed by atoms with Crippen molar-refractivity contribution in [2.75, 3.05) is 13.2 Å². The zero-order valence-electron chi connectivity index (χ0n) is 12.1. The standard InChI is InChI=1S/C13H24IN3OSi/c1-19(2,3)8-7-18-10-17-9-12(14)16-13(17)11-5-4-6-15-11/h9,11,15H,4-8,10H2,1-3H3. The molecule has 0 radical (unpaired) electrons. The van der Waals surface area contributed by atoms with Gasteiger partial charge in [0.1, 0.15) is 16.3 Å². The summed E-state index contributed by atoms with van der Waals surface area (Å²) >= 11 is 2.28. The molecule has 0 saturated carbocycles. The van der Waals surface area contributed by atoms with E-state index in [0.717, 1.165) is 22.7 Å². The van der Waals surface area contributed by atoms with Gasteiger partial charge in [0, 0.05) is 20.9 Å². The number of nitrogens with one attached hydrogen (secondary N) is 1. The van der Waals surface area contributed by atoms with Gasteiger partial charge in [-0.25, -0.2) is 4.98 Å². The van der Waals surface area contributed by atoms with Crippen LogP contribution in [0.25, 0.3) is 0 Å². The summed E-state index contributed by atoms with van der Waals surface area (Å²) in [6.45, 7) is 9.74. The molecule has 0 aliphatic carbocycles. The molecule has 1 atom stereocenters. The fourth-order valence-electron chi connectivity index (χ4n) is 2.22. The molecule has 2 rings (SSSR count). The van der Waals surface area contributed by atoms with Crippen LogP contribution in [0.4, 0.5) is 0 Å². The molecule has 4 nitrogen and oxygen atoms in total. The van der Waals surface area contributed by atoms with Crippen molar-refractivity contribution in [3.8, 4) is 0 Å². The quantitative estimate of drug-likeness (QED) is 0.458. The van der Waals surface area contributed by atoms with E-state index >= 15 is 0 Å². The number of aromatic nitrogens is 2. The molecule has 1 saturated heterocycles. The third kappa shape index (κ3) is 4.84. The Balaban J connectivity index is 1.89. The minimum atomic E-state index is -0.993. The highest BCUT2D eigenvalue weighted by Crippen LogP contribution is 2.23. The van der Waals surface area contributed by atoms with E-state index < -0.39 is 8.07 Å². The van der Waals surface area contributed by atoms with Crippen molar-refractivity contribution in [3.63, 3.8) is 0 Å². The Morgan fingerprint density at radius 3 is 2.95 bits per heavy atom. The fourth-order valence-corrected chi connectivity index (χ4v) is 3.56. The van der Waals surface area contributed by atoms with E-state index in [2.05, 4.69) is 63.3 Å². The number of ether oxygens (including phenoxy) is 1. The van der Waals surface area contributed by atoms with Crippen molar-refractivity contribution in [3.05, 3.63) is 15.7 Å². The molecule has 1 aliphatic heterocycles. The average molecular weight is 393 g/mol. The van der Waals surface area contributed by atoms with Crippen LogP contribution in [-0.2, 0) is 11.5 Å². The first kappa shape index (κ1) is 15.5. The van der Waals surface area contributed by atoms with Gasteiger partial charge in [0.15, 0.2) is 0 Å². The fraction of sp³-hybridized carbons (Fsp3) is 0.769. The first-order valence-electron chi connectivity index (χ1n) is 6.99. The second-order valence-corrected chi connectivity index (χ2v) is 13.1. The molecular weight excluding hydrogens is 369 g/mol.